The predicted octanol–water partition coefficient (Wildman–Crippen LogP) is 1.35. The van der Waals surface area contributed by atoms with Crippen molar-refractivity contribution in [3.8, 4) is 5.75 Å². The van der Waals surface area contributed by atoms with Gasteiger partial charge in [-0.25, -0.2) is 0 Å². The van der Waals surface area contributed by atoms with Crippen LogP contribution in [0.4, 0.5) is 0 Å². The summed E-state index contributed by atoms with van der Waals surface area (Å²) in [5, 5.41) is 0. The number of benzene rings is 1. The highest BCUT2D eigenvalue weighted by molar-refractivity contribution is 5.80. The van der Waals surface area contributed by atoms with Crippen LogP contribution in [0, 0.1) is 11.8 Å². The molecule has 2 heterocycles. The topological polar surface area (TPSA) is 72.6 Å². The van der Waals surface area contributed by atoms with E-state index in [4.69, 9.17) is 10.5 Å². The maximum atomic E-state index is 12.6. The number of carbonyl (C=O) groups excluding carboxylic acids is 2. The Morgan fingerprint density at radius 3 is 2.68 bits per heavy atom. The summed E-state index contributed by atoms with van der Waals surface area (Å²) in [5.74, 6) is 1.05. The van der Waals surface area contributed by atoms with Gasteiger partial charge < -0.3 is 15.4 Å². The van der Waals surface area contributed by atoms with Crippen LogP contribution in [0.2, 0.25) is 0 Å². The van der Waals surface area contributed by atoms with Gasteiger partial charge in [-0.15, -0.1) is 0 Å². The molecule has 2 aliphatic heterocycles. The number of ether oxygens (including phenoxy) is 1. The van der Waals surface area contributed by atoms with Gasteiger partial charge in [-0.1, -0.05) is 18.2 Å². The van der Waals surface area contributed by atoms with Gasteiger partial charge in [0.1, 0.15) is 12.4 Å². The number of primary amides is 1. The fourth-order valence-corrected chi connectivity index (χ4v) is 3.39. The maximum absolute atomic E-state index is 12.6. The SMILES string of the molecule is NC(=O)CC1CCN(C(=O)[C@H]2COc3ccccc3C2)CC1. The number of amides is 2. The minimum Gasteiger partial charge on any atom is -0.492 e. The van der Waals surface area contributed by atoms with E-state index < -0.39 is 0 Å². The summed E-state index contributed by atoms with van der Waals surface area (Å²) in [4.78, 5) is 25.5. The van der Waals surface area contributed by atoms with E-state index in [1.54, 1.807) is 0 Å². The molecule has 0 unspecified atom stereocenters. The van der Waals surface area contributed by atoms with E-state index in [1.165, 1.54) is 0 Å². The number of likely N-dealkylation sites (tertiary alicyclic amines) is 1. The van der Waals surface area contributed by atoms with Crippen molar-refractivity contribution in [1.82, 2.24) is 4.90 Å². The second-order valence-corrected chi connectivity index (χ2v) is 6.26. The summed E-state index contributed by atoms with van der Waals surface area (Å²) in [6.45, 7) is 1.89. The molecule has 0 aliphatic carbocycles. The zero-order chi connectivity index (χ0) is 15.5. The number of nitrogens with two attached hydrogens (primary N) is 1. The maximum Gasteiger partial charge on any atom is 0.229 e. The molecule has 0 radical (unpaired) electrons. The first-order valence-electron chi connectivity index (χ1n) is 7.91. The summed E-state index contributed by atoms with van der Waals surface area (Å²) >= 11 is 0. The van der Waals surface area contributed by atoms with Crippen LogP contribution in [0.25, 0.3) is 0 Å². The molecule has 2 aliphatic rings. The Bertz CT molecular complexity index is 565. The molecule has 0 spiro atoms. The lowest BCUT2D eigenvalue weighted by Crippen LogP contribution is -2.45. The van der Waals surface area contributed by atoms with Gasteiger partial charge in [0.05, 0.1) is 5.92 Å². The highest BCUT2D eigenvalue weighted by Crippen LogP contribution is 2.29. The first-order chi connectivity index (χ1) is 10.6. The summed E-state index contributed by atoms with van der Waals surface area (Å²) in [5.41, 5.74) is 6.35. The summed E-state index contributed by atoms with van der Waals surface area (Å²) < 4.78 is 5.71. The monoisotopic (exact) mass is 302 g/mol. The van der Waals surface area contributed by atoms with Crippen LogP contribution in [-0.4, -0.2) is 36.4 Å². The second-order valence-electron chi connectivity index (χ2n) is 6.26. The minimum absolute atomic E-state index is 0.0948. The Labute approximate surface area is 130 Å². The third-order valence-corrected chi connectivity index (χ3v) is 4.64. The van der Waals surface area contributed by atoms with Crippen molar-refractivity contribution in [3.05, 3.63) is 29.8 Å². The highest BCUT2D eigenvalue weighted by Gasteiger charge is 2.31. The molecule has 5 nitrogen and oxygen atoms in total. The number of nitrogens with zero attached hydrogens (tertiary/aromatic N) is 1. The van der Waals surface area contributed by atoms with Gasteiger partial charge >= 0.3 is 0 Å². The first kappa shape index (κ1) is 14.9. The number of hydrogen-bond donors (Lipinski definition) is 1. The van der Waals surface area contributed by atoms with Crippen molar-refractivity contribution >= 4 is 11.8 Å². The molecule has 118 valence electrons. The van der Waals surface area contributed by atoms with Crippen molar-refractivity contribution in [2.75, 3.05) is 19.7 Å². The number of rotatable bonds is 3. The van der Waals surface area contributed by atoms with Gasteiger partial charge in [0.15, 0.2) is 0 Å². The average Bonchev–Trinajstić information content (AvgIpc) is 2.54. The van der Waals surface area contributed by atoms with Crippen LogP contribution >= 0.6 is 0 Å². The minimum atomic E-state index is -0.248. The molecule has 2 N–H and O–H groups in total. The standard InChI is InChI=1S/C17H22N2O3/c18-16(20)9-12-5-7-19(8-6-12)17(21)14-10-13-3-1-2-4-15(13)22-11-14/h1-4,12,14H,5-11H2,(H2,18,20)/t14-/m1/s1. The number of para-hydroxylation sites is 1. The van der Waals surface area contributed by atoms with Crippen LogP contribution in [0.3, 0.4) is 0 Å². The van der Waals surface area contributed by atoms with E-state index in [0.29, 0.717) is 18.9 Å². The number of fused-ring (bicyclic) bond motifs is 1. The molecule has 1 aromatic carbocycles. The molecule has 0 saturated carbocycles. The molecule has 5 heteroatoms. The third kappa shape index (κ3) is 3.24. The summed E-state index contributed by atoms with van der Waals surface area (Å²) in [7, 11) is 0. The zero-order valence-electron chi connectivity index (χ0n) is 12.7. The molecule has 1 aromatic rings. The van der Waals surface area contributed by atoms with Crippen molar-refractivity contribution in [1.29, 1.82) is 0 Å². The van der Waals surface area contributed by atoms with E-state index >= 15 is 0 Å². The van der Waals surface area contributed by atoms with Crippen LogP contribution in [0.1, 0.15) is 24.8 Å². The molecule has 22 heavy (non-hydrogen) atoms. The fourth-order valence-electron chi connectivity index (χ4n) is 3.39. The number of hydrogen-bond acceptors (Lipinski definition) is 3. The van der Waals surface area contributed by atoms with Gasteiger partial charge in [-0.05, 0) is 36.8 Å². The van der Waals surface area contributed by atoms with Crippen LogP contribution < -0.4 is 10.5 Å². The van der Waals surface area contributed by atoms with Crippen LogP contribution in [-0.2, 0) is 16.0 Å². The number of piperidine rings is 1. The van der Waals surface area contributed by atoms with Crippen LogP contribution in [0.15, 0.2) is 24.3 Å². The molecule has 0 aromatic heterocycles. The third-order valence-electron chi connectivity index (χ3n) is 4.64. The normalized spacial score (nSPS) is 21.8. The van der Waals surface area contributed by atoms with E-state index in [2.05, 4.69) is 0 Å². The van der Waals surface area contributed by atoms with E-state index in [0.717, 1.165) is 43.7 Å². The van der Waals surface area contributed by atoms with E-state index in [9.17, 15) is 9.59 Å². The molecular formula is C17H22N2O3. The molecular weight excluding hydrogens is 280 g/mol. The molecule has 1 fully saturated rings. The highest BCUT2D eigenvalue weighted by atomic mass is 16.5. The largest absolute Gasteiger partial charge is 0.492 e. The lowest BCUT2D eigenvalue weighted by molar-refractivity contribution is -0.138. The Morgan fingerprint density at radius 2 is 1.95 bits per heavy atom. The quantitative estimate of drug-likeness (QED) is 0.916. The van der Waals surface area contributed by atoms with Gasteiger partial charge in [0, 0.05) is 19.5 Å². The molecule has 2 amide bonds. The van der Waals surface area contributed by atoms with Crippen molar-refractivity contribution in [3.63, 3.8) is 0 Å². The zero-order valence-corrected chi connectivity index (χ0v) is 12.7. The predicted molar refractivity (Wildman–Crippen MR) is 82.2 cm³/mol. The molecule has 0 bridgehead atoms. The van der Waals surface area contributed by atoms with E-state index in [1.807, 2.05) is 29.2 Å². The molecule has 1 atom stereocenters. The van der Waals surface area contributed by atoms with E-state index in [-0.39, 0.29) is 17.7 Å². The Hall–Kier alpha value is -2.04. The Kier molecular flexibility index (Phi) is 4.32. The molecule has 3 rings (SSSR count). The number of carbonyl (C=O) groups is 2. The van der Waals surface area contributed by atoms with Crippen LogP contribution in [0.5, 0.6) is 5.75 Å². The smallest absolute Gasteiger partial charge is 0.229 e. The van der Waals surface area contributed by atoms with Crippen molar-refractivity contribution in [2.45, 2.75) is 25.7 Å². The molecule has 1 saturated heterocycles. The van der Waals surface area contributed by atoms with Gasteiger partial charge in [-0.3, -0.25) is 9.59 Å². The summed E-state index contributed by atoms with van der Waals surface area (Å²) in [6.07, 6.45) is 2.90. The van der Waals surface area contributed by atoms with Crippen molar-refractivity contribution in [2.24, 2.45) is 17.6 Å². The Morgan fingerprint density at radius 1 is 1.23 bits per heavy atom. The Balaban J connectivity index is 1.56. The average molecular weight is 302 g/mol. The summed E-state index contributed by atoms with van der Waals surface area (Å²) in [6, 6.07) is 7.90. The van der Waals surface area contributed by atoms with Gasteiger partial charge in [0.2, 0.25) is 11.8 Å². The lowest BCUT2D eigenvalue weighted by atomic mass is 9.91. The van der Waals surface area contributed by atoms with Crippen molar-refractivity contribution < 1.29 is 14.3 Å². The first-order valence-corrected chi connectivity index (χ1v) is 7.91. The second kappa shape index (κ2) is 6.38. The fraction of sp³-hybridized carbons (Fsp3) is 0.529. The van der Waals surface area contributed by atoms with Gasteiger partial charge in [0.25, 0.3) is 0 Å². The van der Waals surface area contributed by atoms with Gasteiger partial charge in [-0.2, -0.15) is 0 Å². The lowest BCUT2D eigenvalue weighted by Gasteiger charge is -2.35.